The summed E-state index contributed by atoms with van der Waals surface area (Å²) in [5, 5.41) is 2.65. The second-order valence-corrected chi connectivity index (χ2v) is 9.40. The molecule has 0 aliphatic rings. The number of hydrogen-bond donors (Lipinski definition) is 2. The number of nitrogens with zero attached hydrogens (tertiary/aromatic N) is 1. The number of amides is 2. The SMILES string of the molecule is Cc1ccc(S(=O)(=O)N(CC(=O)Nc2cccc(C(N)=O)c2)c2cccc(C)c2C)cc1. The molecule has 3 N–H and O–H groups in total. The van der Waals surface area contributed by atoms with Crippen molar-refractivity contribution in [3.8, 4) is 0 Å². The Hall–Kier alpha value is -3.65. The van der Waals surface area contributed by atoms with Crippen LogP contribution in [0.3, 0.4) is 0 Å². The molecule has 32 heavy (non-hydrogen) atoms. The van der Waals surface area contributed by atoms with Crippen LogP contribution in [0.5, 0.6) is 0 Å². The first-order chi connectivity index (χ1) is 15.1. The van der Waals surface area contributed by atoms with E-state index < -0.39 is 28.4 Å². The number of nitrogens with two attached hydrogens (primary N) is 1. The van der Waals surface area contributed by atoms with Gasteiger partial charge in [-0.2, -0.15) is 0 Å². The second-order valence-electron chi connectivity index (χ2n) is 7.54. The summed E-state index contributed by atoms with van der Waals surface area (Å²) in [7, 11) is -4.02. The fourth-order valence-electron chi connectivity index (χ4n) is 3.22. The zero-order valence-electron chi connectivity index (χ0n) is 18.1. The molecule has 0 aromatic heterocycles. The molecule has 0 fully saturated rings. The van der Waals surface area contributed by atoms with Gasteiger partial charge in [-0.15, -0.1) is 0 Å². The number of nitrogens with one attached hydrogen (secondary N) is 1. The van der Waals surface area contributed by atoms with Gasteiger partial charge in [0, 0.05) is 11.3 Å². The van der Waals surface area contributed by atoms with Crippen LogP contribution in [0.1, 0.15) is 27.0 Å². The van der Waals surface area contributed by atoms with E-state index in [1.165, 1.54) is 24.3 Å². The third-order valence-electron chi connectivity index (χ3n) is 5.17. The van der Waals surface area contributed by atoms with Crippen LogP contribution in [0.25, 0.3) is 0 Å². The fourth-order valence-corrected chi connectivity index (χ4v) is 4.70. The van der Waals surface area contributed by atoms with Crippen LogP contribution < -0.4 is 15.4 Å². The number of rotatable bonds is 7. The topological polar surface area (TPSA) is 110 Å². The molecule has 3 aromatic carbocycles. The van der Waals surface area contributed by atoms with E-state index in [2.05, 4.69) is 5.32 Å². The third-order valence-corrected chi connectivity index (χ3v) is 6.95. The maximum Gasteiger partial charge on any atom is 0.264 e. The van der Waals surface area contributed by atoms with Crippen LogP contribution in [-0.4, -0.2) is 26.8 Å². The summed E-state index contributed by atoms with van der Waals surface area (Å²) in [6.07, 6.45) is 0. The quantitative estimate of drug-likeness (QED) is 0.572. The van der Waals surface area contributed by atoms with Gasteiger partial charge in [0.2, 0.25) is 11.8 Å². The van der Waals surface area contributed by atoms with Gasteiger partial charge in [-0.05, 0) is 68.3 Å². The Balaban J connectivity index is 1.98. The largest absolute Gasteiger partial charge is 0.366 e. The summed E-state index contributed by atoms with van der Waals surface area (Å²) >= 11 is 0. The summed E-state index contributed by atoms with van der Waals surface area (Å²) in [5.41, 5.74) is 8.89. The maximum atomic E-state index is 13.5. The number of hydrogen-bond acceptors (Lipinski definition) is 4. The maximum absolute atomic E-state index is 13.5. The minimum absolute atomic E-state index is 0.0903. The predicted octanol–water partition coefficient (Wildman–Crippen LogP) is 3.54. The molecule has 0 heterocycles. The number of anilines is 2. The number of aryl methyl sites for hydroxylation is 2. The minimum atomic E-state index is -4.02. The summed E-state index contributed by atoms with van der Waals surface area (Å²) in [5.74, 6) is -1.18. The Kier molecular flexibility index (Phi) is 6.64. The Morgan fingerprint density at radius 1 is 0.938 bits per heavy atom. The van der Waals surface area contributed by atoms with Gasteiger partial charge in [0.05, 0.1) is 10.6 Å². The van der Waals surface area contributed by atoms with E-state index in [0.717, 1.165) is 21.0 Å². The number of benzene rings is 3. The van der Waals surface area contributed by atoms with Crippen molar-refractivity contribution < 1.29 is 18.0 Å². The lowest BCUT2D eigenvalue weighted by Crippen LogP contribution is -2.38. The first-order valence-electron chi connectivity index (χ1n) is 9.95. The van der Waals surface area contributed by atoms with Crippen LogP contribution in [0.15, 0.2) is 71.6 Å². The van der Waals surface area contributed by atoms with E-state index >= 15 is 0 Å². The van der Waals surface area contributed by atoms with Gasteiger partial charge in [-0.1, -0.05) is 35.9 Å². The highest BCUT2D eigenvalue weighted by molar-refractivity contribution is 7.92. The van der Waals surface area contributed by atoms with Gasteiger partial charge >= 0.3 is 0 Å². The Bertz CT molecular complexity index is 1270. The molecule has 3 rings (SSSR count). The molecule has 7 nitrogen and oxygen atoms in total. The lowest BCUT2D eigenvalue weighted by atomic mass is 10.1. The predicted molar refractivity (Wildman–Crippen MR) is 125 cm³/mol. The number of sulfonamides is 1. The highest BCUT2D eigenvalue weighted by Crippen LogP contribution is 2.28. The smallest absolute Gasteiger partial charge is 0.264 e. The second kappa shape index (κ2) is 9.23. The van der Waals surface area contributed by atoms with E-state index in [1.807, 2.05) is 26.8 Å². The molecule has 0 saturated heterocycles. The summed E-state index contributed by atoms with van der Waals surface area (Å²) < 4.78 is 28.2. The normalized spacial score (nSPS) is 11.1. The average molecular weight is 452 g/mol. The Morgan fingerprint density at radius 3 is 2.25 bits per heavy atom. The number of carbonyl (C=O) groups is 2. The van der Waals surface area contributed by atoms with Crippen molar-refractivity contribution in [3.05, 3.63) is 89.0 Å². The molecule has 0 unspecified atom stereocenters. The molecule has 0 atom stereocenters. The zero-order chi connectivity index (χ0) is 23.5. The summed E-state index contributed by atoms with van der Waals surface area (Å²) in [6, 6.07) is 17.9. The molecule has 0 radical (unpaired) electrons. The summed E-state index contributed by atoms with van der Waals surface area (Å²) in [4.78, 5) is 24.4. The third kappa shape index (κ3) is 4.97. The lowest BCUT2D eigenvalue weighted by Gasteiger charge is -2.26. The molecule has 0 spiro atoms. The molecule has 0 bridgehead atoms. The fraction of sp³-hybridized carbons (Fsp3) is 0.167. The van der Waals surface area contributed by atoms with Crippen molar-refractivity contribution in [1.82, 2.24) is 0 Å². The zero-order valence-corrected chi connectivity index (χ0v) is 18.9. The molecule has 0 aliphatic carbocycles. The van der Waals surface area contributed by atoms with Crippen molar-refractivity contribution in [1.29, 1.82) is 0 Å². The van der Waals surface area contributed by atoms with Crippen LogP contribution >= 0.6 is 0 Å². The van der Waals surface area contributed by atoms with E-state index in [-0.39, 0.29) is 10.5 Å². The molecule has 3 aromatic rings. The van der Waals surface area contributed by atoms with Gasteiger partial charge in [-0.3, -0.25) is 13.9 Å². The number of primary amides is 1. The highest BCUT2D eigenvalue weighted by atomic mass is 32.2. The van der Waals surface area contributed by atoms with Gasteiger partial charge in [-0.25, -0.2) is 8.42 Å². The van der Waals surface area contributed by atoms with Crippen molar-refractivity contribution in [2.75, 3.05) is 16.2 Å². The van der Waals surface area contributed by atoms with Crippen molar-refractivity contribution >= 4 is 33.2 Å². The van der Waals surface area contributed by atoms with Crippen molar-refractivity contribution in [2.24, 2.45) is 5.73 Å². The van der Waals surface area contributed by atoms with Crippen LogP contribution in [-0.2, 0) is 14.8 Å². The molecular weight excluding hydrogens is 426 g/mol. The number of carbonyl (C=O) groups excluding carboxylic acids is 2. The van der Waals surface area contributed by atoms with Gasteiger partial charge in [0.1, 0.15) is 6.54 Å². The van der Waals surface area contributed by atoms with E-state index in [0.29, 0.717) is 11.4 Å². The molecule has 8 heteroatoms. The summed E-state index contributed by atoms with van der Waals surface area (Å²) in [6.45, 7) is 5.12. The van der Waals surface area contributed by atoms with Gasteiger partial charge < -0.3 is 11.1 Å². The Morgan fingerprint density at radius 2 is 1.59 bits per heavy atom. The van der Waals surface area contributed by atoms with Gasteiger partial charge in [0.15, 0.2) is 0 Å². The van der Waals surface area contributed by atoms with E-state index in [9.17, 15) is 18.0 Å². The molecule has 166 valence electrons. The van der Waals surface area contributed by atoms with Crippen LogP contribution in [0.4, 0.5) is 11.4 Å². The molecule has 0 aliphatic heterocycles. The Labute approximate surface area is 187 Å². The first-order valence-corrected chi connectivity index (χ1v) is 11.4. The molecule has 0 saturated carbocycles. The molecular formula is C24H25N3O4S. The van der Waals surface area contributed by atoms with E-state index in [4.69, 9.17) is 5.73 Å². The van der Waals surface area contributed by atoms with Gasteiger partial charge in [0.25, 0.3) is 10.0 Å². The minimum Gasteiger partial charge on any atom is -0.366 e. The highest BCUT2D eigenvalue weighted by Gasteiger charge is 2.28. The van der Waals surface area contributed by atoms with E-state index in [1.54, 1.807) is 36.4 Å². The van der Waals surface area contributed by atoms with Crippen LogP contribution in [0, 0.1) is 20.8 Å². The van der Waals surface area contributed by atoms with Crippen molar-refractivity contribution in [2.45, 2.75) is 25.7 Å². The molecule has 2 amide bonds. The average Bonchev–Trinajstić information content (AvgIpc) is 2.74. The van der Waals surface area contributed by atoms with Crippen molar-refractivity contribution in [3.63, 3.8) is 0 Å². The standard InChI is InChI=1S/C24H25N3O4S/c1-16-10-12-21(13-11-16)32(30,31)27(22-9-4-6-17(2)18(22)3)15-23(28)26-20-8-5-7-19(14-20)24(25)29/h4-14H,15H2,1-3H3,(H2,25,29)(H,26,28). The van der Waals surface area contributed by atoms with Crippen LogP contribution in [0.2, 0.25) is 0 Å². The lowest BCUT2D eigenvalue weighted by molar-refractivity contribution is -0.114. The first kappa shape index (κ1) is 23.0. The monoisotopic (exact) mass is 451 g/mol.